The van der Waals surface area contributed by atoms with E-state index in [-0.39, 0.29) is 50.0 Å². The number of carbonyl (C=O) groups is 3. The molecule has 2 atom stereocenters. The van der Waals surface area contributed by atoms with Crippen LogP contribution in [-0.4, -0.2) is 56.0 Å². The van der Waals surface area contributed by atoms with Crippen LogP contribution in [0.3, 0.4) is 0 Å². The molecule has 1 fully saturated rings. The Morgan fingerprint density at radius 1 is 0.941 bits per heavy atom. The van der Waals surface area contributed by atoms with Crippen molar-refractivity contribution >= 4 is 18.0 Å². The van der Waals surface area contributed by atoms with Crippen molar-refractivity contribution in [2.75, 3.05) is 32.9 Å². The Kier molecular flexibility index (Phi) is 7.80. The van der Waals surface area contributed by atoms with Crippen LogP contribution < -0.4 is 10.6 Å². The highest BCUT2D eigenvalue weighted by molar-refractivity contribution is 5.80. The molecule has 3 N–H and O–H groups in total. The average molecular weight is 467 g/mol. The Morgan fingerprint density at radius 2 is 1.62 bits per heavy atom. The van der Waals surface area contributed by atoms with Gasteiger partial charge in [-0.2, -0.15) is 0 Å². The third kappa shape index (κ3) is 5.56. The van der Waals surface area contributed by atoms with Crippen molar-refractivity contribution < 1.29 is 29.0 Å². The van der Waals surface area contributed by atoms with Crippen LogP contribution in [-0.2, 0) is 19.1 Å². The smallest absolute Gasteiger partial charge is 0.407 e. The summed E-state index contributed by atoms with van der Waals surface area (Å²) in [4.78, 5) is 35.4. The van der Waals surface area contributed by atoms with Gasteiger partial charge in [-0.25, -0.2) is 9.59 Å². The molecular formula is C26H30N2O6. The number of alkyl carbamates (subject to hydrolysis) is 1. The Bertz CT molecular complexity index is 994. The fraction of sp³-hybridized carbons (Fsp3) is 0.423. The molecule has 2 amide bonds. The molecular weight excluding hydrogens is 436 g/mol. The molecule has 0 heterocycles. The predicted octanol–water partition coefficient (Wildman–Crippen LogP) is 3.16. The van der Waals surface area contributed by atoms with E-state index >= 15 is 0 Å². The molecule has 0 spiro atoms. The zero-order valence-corrected chi connectivity index (χ0v) is 19.0. The van der Waals surface area contributed by atoms with E-state index in [2.05, 4.69) is 34.9 Å². The van der Waals surface area contributed by atoms with Crippen molar-refractivity contribution in [3.05, 3.63) is 59.7 Å². The number of amides is 2. The van der Waals surface area contributed by atoms with Gasteiger partial charge in [0.1, 0.15) is 13.2 Å². The number of ether oxygens (including phenoxy) is 2. The number of carboxylic acids is 1. The van der Waals surface area contributed by atoms with Gasteiger partial charge < -0.3 is 25.2 Å². The summed E-state index contributed by atoms with van der Waals surface area (Å²) in [6, 6.07) is 16.4. The van der Waals surface area contributed by atoms with Gasteiger partial charge in [0.25, 0.3) is 0 Å². The van der Waals surface area contributed by atoms with E-state index in [4.69, 9.17) is 14.6 Å². The summed E-state index contributed by atoms with van der Waals surface area (Å²) >= 11 is 0. The summed E-state index contributed by atoms with van der Waals surface area (Å²) in [6.07, 6.45) is 2.07. The molecule has 8 nitrogen and oxygen atoms in total. The molecule has 2 aromatic rings. The van der Waals surface area contributed by atoms with Gasteiger partial charge in [-0.3, -0.25) is 4.79 Å². The molecule has 0 radical (unpaired) electrons. The van der Waals surface area contributed by atoms with Crippen LogP contribution in [0.15, 0.2) is 48.5 Å². The highest BCUT2D eigenvalue weighted by Crippen LogP contribution is 2.44. The molecule has 0 aliphatic heterocycles. The molecule has 2 aromatic carbocycles. The molecule has 4 rings (SSSR count). The van der Waals surface area contributed by atoms with Gasteiger partial charge in [-0.15, -0.1) is 0 Å². The van der Waals surface area contributed by atoms with Crippen LogP contribution >= 0.6 is 0 Å². The Hall–Kier alpha value is -3.39. The van der Waals surface area contributed by atoms with Gasteiger partial charge in [0.2, 0.25) is 5.91 Å². The number of carbonyl (C=O) groups excluding carboxylic acids is 2. The van der Waals surface area contributed by atoms with E-state index in [1.165, 1.54) is 11.1 Å². The predicted molar refractivity (Wildman–Crippen MR) is 125 cm³/mol. The molecule has 2 unspecified atom stereocenters. The lowest BCUT2D eigenvalue weighted by molar-refractivity contribution is -0.142. The normalized spacial score (nSPS) is 18.7. The first-order chi connectivity index (χ1) is 16.5. The van der Waals surface area contributed by atoms with Crippen molar-refractivity contribution in [2.45, 2.75) is 25.2 Å². The molecule has 180 valence electrons. The third-order valence-corrected chi connectivity index (χ3v) is 6.62. The zero-order valence-electron chi connectivity index (χ0n) is 19.0. The number of hydrogen-bond acceptors (Lipinski definition) is 5. The van der Waals surface area contributed by atoms with E-state index in [0.717, 1.165) is 30.4 Å². The molecule has 8 heteroatoms. The highest BCUT2D eigenvalue weighted by Gasteiger charge is 2.33. The Morgan fingerprint density at radius 3 is 2.29 bits per heavy atom. The molecule has 1 saturated carbocycles. The molecule has 2 aliphatic carbocycles. The lowest BCUT2D eigenvalue weighted by Crippen LogP contribution is -2.39. The maximum Gasteiger partial charge on any atom is 0.407 e. The fourth-order valence-electron chi connectivity index (χ4n) is 5.03. The minimum Gasteiger partial charge on any atom is -0.480 e. The lowest BCUT2D eigenvalue weighted by Gasteiger charge is -2.20. The van der Waals surface area contributed by atoms with Crippen molar-refractivity contribution in [2.24, 2.45) is 11.8 Å². The van der Waals surface area contributed by atoms with E-state index in [9.17, 15) is 14.4 Å². The van der Waals surface area contributed by atoms with Crippen LogP contribution in [0.5, 0.6) is 0 Å². The number of hydrogen-bond donors (Lipinski definition) is 3. The summed E-state index contributed by atoms with van der Waals surface area (Å²) in [6.45, 7) is 0.656. The summed E-state index contributed by atoms with van der Waals surface area (Å²) in [5, 5.41) is 14.2. The van der Waals surface area contributed by atoms with Crippen LogP contribution in [0.2, 0.25) is 0 Å². The topological polar surface area (TPSA) is 114 Å². The second-order valence-corrected chi connectivity index (χ2v) is 8.74. The van der Waals surface area contributed by atoms with E-state index < -0.39 is 12.1 Å². The van der Waals surface area contributed by atoms with E-state index in [1.54, 1.807) is 0 Å². The summed E-state index contributed by atoms with van der Waals surface area (Å²) in [5.41, 5.74) is 4.69. The van der Waals surface area contributed by atoms with Gasteiger partial charge in [0, 0.05) is 24.9 Å². The monoisotopic (exact) mass is 466 g/mol. The van der Waals surface area contributed by atoms with Crippen LogP contribution in [0, 0.1) is 11.8 Å². The number of nitrogens with one attached hydrogen (secondary N) is 2. The molecule has 0 bridgehead atoms. The van der Waals surface area contributed by atoms with Crippen molar-refractivity contribution in [3.63, 3.8) is 0 Å². The maximum atomic E-state index is 12.5. The van der Waals surface area contributed by atoms with Crippen molar-refractivity contribution in [3.8, 4) is 11.1 Å². The minimum absolute atomic E-state index is 0.00602. The second-order valence-electron chi connectivity index (χ2n) is 8.74. The maximum absolute atomic E-state index is 12.5. The molecule has 34 heavy (non-hydrogen) atoms. The molecule has 0 aromatic heterocycles. The Balaban J connectivity index is 1.23. The first-order valence-electron chi connectivity index (χ1n) is 11.7. The van der Waals surface area contributed by atoms with Gasteiger partial charge in [-0.05, 0) is 41.0 Å². The van der Waals surface area contributed by atoms with Crippen LogP contribution in [0.25, 0.3) is 11.1 Å². The number of carboxylic acid groups (broad SMARTS) is 1. The van der Waals surface area contributed by atoms with E-state index in [1.807, 2.05) is 24.3 Å². The summed E-state index contributed by atoms with van der Waals surface area (Å²) < 4.78 is 10.5. The van der Waals surface area contributed by atoms with Crippen molar-refractivity contribution in [1.82, 2.24) is 10.6 Å². The highest BCUT2D eigenvalue weighted by atomic mass is 16.5. The third-order valence-electron chi connectivity index (χ3n) is 6.62. The minimum atomic E-state index is -1.04. The first-order valence-corrected chi connectivity index (χ1v) is 11.7. The average Bonchev–Trinajstić information content (AvgIpc) is 3.44. The number of aliphatic carboxylic acids is 1. The summed E-state index contributed by atoms with van der Waals surface area (Å²) in [5.74, 6) is -1.27. The molecule has 2 aliphatic rings. The van der Waals surface area contributed by atoms with E-state index in [0.29, 0.717) is 6.54 Å². The SMILES string of the molecule is O=C(O)COCCNC(=O)C1CCCC1CNC(=O)OCC1c2ccccc2-c2ccccc21. The number of fused-ring (bicyclic) bond motifs is 3. The second kappa shape index (κ2) is 11.2. The standard InChI is InChI=1S/C26H30N2O6/c29-24(30)16-33-13-12-27-25(31)18-11-5-6-17(18)14-28-26(32)34-15-23-21-9-3-1-7-19(21)20-8-2-4-10-22(20)23/h1-4,7-10,17-18,23H,5-6,11-16H2,(H,27,31)(H,28,32)(H,29,30). The lowest BCUT2D eigenvalue weighted by atomic mass is 9.95. The number of benzene rings is 2. The van der Waals surface area contributed by atoms with Crippen LogP contribution in [0.1, 0.15) is 36.3 Å². The number of rotatable bonds is 10. The summed E-state index contributed by atoms with van der Waals surface area (Å²) in [7, 11) is 0. The first kappa shape index (κ1) is 23.8. The van der Waals surface area contributed by atoms with Gasteiger partial charge in [0.15, 0.2) is 0 Å². The molecule has 0 saturated heterocycles. The zero-order chi connectivity index (χ0) is 23.9. The van der Waals surface area contributed by atoms with Crippen LogP contribution in [0.4, 0.5) is 4.79 Å². The van der Waals surface area contributed by atoms with Crippen molar-refractivity contribution in [1.29, 1.82) is 0 Å². The van der Waals surface area contributed by atoms with Gasteiger partial charge >= 0.3 is 12.1 Å². The largest absolute Gasteiger partial charge is 0.480 e. The van der Waals surface area contributed by atoms with Gasteiger partial charge in [-0.1, -0.05) is 55.0 Å². The Labute approximate surface area is 198 Å². The van der Waals surface area contributed by atoms with Gasteiger partial charge in [0.05, 0.1) is 6.61 Å². The quantitative estimate of drug-likeness (QED) is 0.464. The fourth-order valence-corrected chi connectivity index (χ4v) is 5.03.